The van der Waals surface area contributed by atoms with E-state index in [0.29, 0.717) is 32.9 Å². The number of thioether (sulfide) groups is 1. The molecule has 1 aromatic carbocycles. The Morgan fingerprint density at radius 2 is 2.19 bits per heavy atom. The van der Waals surface area contributed by atoms with E-state index in [1.807, 2.05) is 13.8 Å². The van der Waals surface area contributed by atoms with E-state index >= 15 is 0 Å². The fourth-order valence-corrected chi connectivity index (χ4v) is 3.73. The van der Waals surface area contributed by atoms with E-state index in [1.54, 1.807) is 11.5 Å². The van der Waals surface area contributed by atoms with Crippen molar-refractivity contribution in [3.8, 4) is 16.3 Å². The monoisotopic (exact) mass is 407 g/mol. The van der Waals surface area contributed by atoms with Gasteiger partial charge < -0.3 is 15.5 Å². The van der Waals surface area contributed by atoms with Crippen molar-refractivity contribution in [3.05, 3.63) is 40.0 Å². The minimum atomic E-state index is -0.463. The van der Waals surface area contributed by atoms with Gasteiger partial charge in [0.1, 0.15) is 16.6 Å². The summed E-state index contributed by atoms with van der Waals surface area (Å²) in [6.45, 7) is 4.15. The third-order valence-electron chi connectivity index (χ3n) is 3.72. The number of aliphatic hydroxyl groups excluding tert-OH is 1. The Labute approximate surface area is 163 Å². The molecule has 0 spiro atoms. The topological polar surface area (TPSA) is 94.8 Å². The zero-order chi connectivity index (χ0) is 19.6. The van der Waals surface area contributed by atoms with Crippen molar-refractivity contribution in [2.24, 2.45) is 10.4 Å². The van der Waals surface area contributed by atoms with Crippen molar-refractivity contribution in [2.75, 3.05) is 13.2 Å². The number of rotatable bonds is 5. The molecule has 0 aliphatic carbocycles. The van der Waals surface area contributed by atoms with Gasteiger partial charge >= 0.3 is 0 Å². The first-order chi connectivity index (χ1) is 12.8. The number of aliphatic hydroxyl groups is 1. The van der Waals surface area contributed by atoms with E-state index < -0.39 is 5.82 Å². The first-order valence-electron chi connectivity index (χ1n) is 8.08. The lowest BCUT2D eigenvalue weighted by Gasteiger charge is -2.18. The summed E-state index contributed by atoms with van der Waals surface area (Å²) in [6, 6.07) is 3.67. The molecule has 1 aromatic heterocycles. The van der Waals surface area contributed by atoms with Crippen LogP contribution in [-0.2, 0) is 4.79 Å². The Balaban J connectivity index is 1.78. The number of nitrogens with one attached hydrogen (secondary N) is 1. The number of carbonyl (C=O) groups is 1. The molecule has 1 aliphatic rings. The van der Waals surface area contributed by atoms with Crippen LogP contribution in [0.2, 0.25) is 0 Å². The smallest absolute Gasteiger partial charge is 0.264 e. The second-order valence-electron chi connectivity index (χ2n) is 6.75. The number of aromatic hydroxyl groups is 1. The fourth-order valence-electron chi connectivity index (χ4n) is 2.13. The molecule has 27 heavy (non-hydrogen) atoms. The van der Waals surface area contributed by atoms with E-state index in [2.05, 4.69) is 15.3 Å². The molecule has 3 rings (SSSR count). The molecule has 1 saturated heterocycles. The van der Waals surface area contributed by atoms with Crippen LogP contribution in [0.25, 0.3) is 16.6 Å². The molecule has 0 bridgehead atoms. The van der Waals surface area contributed by atoms with E-state index in [4.69, 9.17) is 0 Å². The highest BCUT2D eigenvalue weighted by Crippen LogP contribution is 2.33. The molecule has 1 amide bonds. The molecule has 0 unspecified atom stereocenters. The van der Waals surface area contributed by atoms with Crippen LogP contribution in [0.3, 0.4) is 0 Å². The lowest BCUT2D eigenvalue weighted by atomic mass is 9.95. The van der Waals surface area contributed by atoms with Crippen molar-refractivity contribution in [1.82, 2.24) is 10.3 Å². The predicted molar refractivity (Wildman–Crippen MR) is 106 cm³/mol. The molecule has 1 aliphatic heterocycles. The van der Waals surface area contributed by atoms with Crippen LogP contribution >= 0.6 is 23.1 Å². The van der Waals surface area contributed by atoms with E-state index in [0.717, 1.165) is 0 Å². The number of nitrogens with zero attached hydrogens (tertiary/aromatic N) is 2. The van der Waals surface area contributed by atoms with Crippen LogP contribution < -0.4 is 5.32 Å². The highest BCUT2D eigenvalue weighted by Gasteiger charge is 2.25. The molecular weight excluding hydrogens is 389 g/mol. The van der Waals surface area contributed by atoms with Gasteiger partial charge in [-0.1, -0.05) is 13.8 Å². The fraction of sp³-hybridized carbons (Fsp3) is 0.278. The molecule has 6 nitrogen and oxygen atoms in total. The molecule has 2 aromatic rings. The van der Waals surface area contributed by atoms with Gasteiger partial charge in [0.2, 0.25) is 0 Å². The minimum absolute atomic E-state index is 0.000381. The second-order valence-corrected chi connectivity index (χ2v) is 8.64. The molecule has 0 radical (unpaired) electrons. The van der Waals surface area contributed by atoms with Crippen molar-refractivity contribution < 1.29 is 19.4 Å². The Kier molecular flexibility index (Phi) is 5.64. The van der Waals surface area contributed by atoms with Gasteiger partial charge in [0.05, 0.1) is 16.2 Å². The highest BCUT2D eigenvalue weighted by atomic mass is 32.2. The van der Waals surface area contributed by atoms with Gasteiger partial charge in [0.25, 0.3) is 5.91 Å². The van der Waals surface area contributed by atoms with E-state index in [-0.39, 0.29) is 23.7 Å². The number of hydrogen-bond donors (Lipinski definition) is 3. The SMILES string of the molecule is CC(C)(CO)CN=C1NC(=O)/C(=C\c2csc(-c3cc(F)ccc3O)n2)S1. The lowest BCUT2D eigenvalue weighted by molar-refractivity contribution is -0.115. The number of amides is 1. The van der Waals surface area contributed by atoms with Gasteiger partial charge in [-0.3, -0.25) is 9.79 Å². The first-order valence-corrected chi connectivity index (χ1v) is 9.78. The van der Waals surface area contributed by atoms with Gasteiger partial charge in [0, 0.05) is 23.9 Å². The lowest BCUT2D eigenvalue weighted by Crippen LogP contribution is -2.24. The van der Waals surface area contributed by atoms with E-state index in [1.165, 1.54) is 41.3 Å². The molecule has 0 atom stereocenters. The predicted octanol–water partition coefficient (Wildman–Crippen LogP) is 3.23. The number of aliphatic imine (C=N–C) groups is 1. The van der Waals surface area contributed by atoms with Crippen LogP contribution in [0.4, 0.5) is 4.39 Å². The summed E-state index contributed by atoms with van der Waals surface area (Å²) in [7, 11) is 0. The largest absolute Gasteiger partial charge is 0.507 e. The standard InChI is InChI=1S/C18H18FN3O3S2/c1-18(2,9-23)8-20-17-22-15(25)14(27-17)6-11-7-26-16(21-11)12-5-10(19)3-4-13(12)24/h3-7,23-24H,8-9H2,1-2H3,(H,20,22,25)/b14-6+. The Morgan fingerprint density at radius 3 is 2.93 bits per heavy atom. The summed E-state index contributed by atoms with van der Waals surface area (Å²) < 4.78 is 13.4. The third kappa shape index (κ3) is 4.74. The number of halogens is 1. The maximum atomic E-state index is 13.4. The van der Waals surface area contributed by atoms with Gasteiger partial charge in [0.15, 0.2) is 5.17 Å². The molecule has 3 N–H and O–H groups in total. The van der Waals surface area contributed by atoms with Crippen molar-refractivity contribution in [3.63, 3.8) is 0 Å². The summed E-state index contributed by atoms with van der Waals surface area (Å²) >= 11 is 2.45. The zero-order valence-electron chi connectivity index (χ0n) is 14.7. The van der Waals surface area contributed by atoms with E-state index in [9.17, 15) is 19.4 Å². The number of carbonyl (C=O) groups excluding carboxylic acids is 1. The third-order valence-corrected chi connectivity index (χ3v) is 5.56. The summed E-state index contributed by atoms with van der Waals surface area (Å²) in [5.74, 6) is -0.794. The van der Waals surface area contributed by atoms with Crippen LogP contribution in [-0.4, -0.2) is 39.4 Å². The average Bonchev–Trinajstić information content (AvgIpc) is 3.23. The normalized spacial score (nSPS) is 17.7. The number of benzene rings is 1. The minimum Gasteiger partial charge on any atom is -0.507 e. The average molecular weight is 407 g/mol. The maximum absolute atomic E-state index is 13.4. The highest BCUT2D eigenvalue weighted by molar-refractivity contribution is 8.18. The number of thiazole rings is 1. The quantitative estimate of drug-likeness (QED) is 0.662. The van der Waals surface area contributed by atoms with Gasteiger partial charge in [-0.2, -0.15) is 0 Å². The molecule has 0 saturated carbocycles. The molecular formula is C18H18FN3O3S2. The van der Waals surface area contributed by atoms with Crippen molar-refractivity contribution >= 4 is 40.2 Å². The van der Waals surface area contributed by atoms with Gasteiger partial charge in [-0.15, -0.1) is 11.3 Å². The maximum Gasteiger partial charge on any atom is 0.264 e. The number of amidine groups is 1. The Hall–Kier alpha value is -2.23. The van der Waals surface area contributed by atoms with Crippen molar-refractivity contribution in [1.29, 1.82) is 0 Å². The molecule has 1 fully saturated rings. The van der Waals surface area contributed by atoms with Crippen LogP contribution in [0.15, 0.2) is 33.5 Å². The second kappa shape index (κ2) is 7.79. The van der Waals surface area contributed by atoms with Crippen LogP contribution in [0.5, 0.6) is 5.75 Å². The number of aromatic nitrogens is 1. The molecule has 2 heterocycles. The summed E-state index contributed by atoms with van der Waals surface area (Å²) in [5.41, 5.74) is 0.483. The van der Waals surface area contributed by atoms with Gasteiger partial charge in [-0.25, -0.2) is 9.37 Å². The van der Waals surface area contributed by atoms with Gasteiger partial charge in [-0.05, 0) is 36.0 Å². The number of phenols is 1. The Morgan fingerprint density at radius 1 is 1.41 bits per heavy atom. The number of phenolic OH excluding ortho intramolecular Hbond substituents is 1. The Bertz CT molecular complexity index is 938. The zero-order valence-corrected chi connectivity index (χ0v) is 16.3. The summed E-state index contributed by atoms with van der Waals surface area (Å²) in [5, 5.41) is 24.5. The van der Waals surface area contributed by atoms with Crippen LogP contribution in [0.1, 0.15) is 19.5 Å². The summed E-state index contributed by atoms with van der Waals surface area (Å²) in [4.78, 5) is 21.2. The first kappa shape index (κ1) is 19.5. The molecule has 9 heteroatoms. The van der Waals surface area contributed by atoms with Crippen molar-refractivity contribution in [2.45, 2.75) is 13.8 Å². The summed E-state index contributed by atoms with van der Waals surface area (Å²) in [6.07, 6.45) is 1.62. The number of hydrogen-bond acceptors (Lipinski definition) is 7. The van der Waals surface area contributed by atoms with Crippen LogP contribution in [0, 0.1) is 11.2 Å². The molecule has 142 valence electrons.